The number of halogens is 1. The molecule has 0 bridgehead atoms. The molecule has 0 radical (unpaired) electrons. The first kappa shape index (κ1) is 17.1. The van der Waals surface area contributed by atoms with E-state index in [2.05, 4.69) is 46.0 Å². The molecule has 0 aliphatic rings. The molecule has 1 heterocycles. The molecule has 1 N–H and O–H groups in total. The average Bonchev–Trinajstić information content (AvgIpc) is 2.92. The van der Waals surface area contributed by atoms with E-state index in [-0.39, 0.29) is 0 Å². The fraction of sp³-hybridized carbons (Fsp3) is 0.294. The van der Waals surface area contributed by atoms with Gasteiger partial charge in [0.05, 0.1) is 18.0 Å². The second kappa shape index (κ2) is 8.36. The van der Waals surface area contributed by atoms with E-state index < -0.39 is 0 Å². The van der Waals surface area contributed by atoms with Crippen LogP contribution < -0.4 is 14.8 Å². The van der Waals surface area contributed by atoms with Crippen molar-refractivity contribution in [3.8, 4) is 11.5 Å². The highest BCUT2D eigenvalue weighted by molar-refractivity contribution is 9.11. The largest absolute Gasteiger partial charge is 0.493 e. The van der Waals surface area contributed by atoms with Gasteiger partial charge in [0.1, 0.15) is 0 Å². The van der Waals surface area contributed by atoms with Crippen molar-refractivity contribution in [3.05, 3.63) is 56.7 Å². The van der Waals surface area contributed by atoms with Gasteiger partial charge in [0.25, 0.3) is 0 Å². The number of nitrogens with one attached hydrogen (secondary N) is 1. The smallest absolute Gasteiger partial charge is 0.164 e. The lowest BCUT2D eigenvalue weighted by atomic mass is 10.1. The first-order valence-electron chi connectivity index (χ1n) is 6.97. The van der Waals surface area contributed by atoms with E-state index >= 15 is 0 Å². The number of ether oxygens (including phenoxy) is 2. The predicted octanol–water partition coefficient (Wildman–Crippen LogP) is 4.55. The maximum atomic E-state index is 5.45. The van der Waals surface area contributed by atoms with E-state index in [0.29, 0.717) is 0 Å². The fourth-order valence-electron chi connectivity index (χ4n) is 2.29. The molecule has 22 heavy (non-hydrogen) atoms. The predicted molar refractivity (Wildman–Crippen MR) is 96.0 cm³/mol. The number of benzene rings is 1. The molecule has 0 saturated heterocycles. The lowest BCUT2D eigenvalue weighted by Crippen LogP contribution is -2.12. The van der Waals surface area contributed by atoms with Crippen molar-refractivity contribution in [3.63, 3.8) is 0 Å². The molecule has 0 fully saturated rings. The van der Waals surface area contributed by atoms with Crippen LogP contribution in [0.4, 0.5) is 0 Å². The molecule has 0 amide bonds. The van der Waals surface area contributed by atoms with Gasteiger partial charge in [-0.05, 0) is 46.1 Å². The second-order valence-corrected chi connectivity index (χ2v) is 7.34. The highest BCUT2D eigenvalue weighted by atomic mass is 79.9. The topological polar surface area (TPSA) is 30.5 Å². The lowest BCUT2D eigenvalue weighted by Gasteiger charge is -2.14. The third kappa shape index (κ3) is 4.35. The van der Waals surface area contributed by atoms with Crippen molar-refractivity contribution < 1.29 is 9.47 Å². The monoisotopic (exact) mass is 381 g/mol. The number of hydrogen-bond acceptors (Lipinski definition) is 4. The Hall–Kier alpha value is -1.30. The zero-order chi connectivity index (χ0) is 15.9. The number of rotatable bonds is 8. The van der Waals surface area contributed by atoms with Gasteiger partial charge in [0.15, 0.2) is 11.5 Å². The van der Waals surface area contributed by atoms with Crippen molar-refractivity contribution in [1.29, 1.82) is 0 Å². The zero-order valence-electron chi connectivity index (χ0n) is 12.8. The van der Waals surface area contributed by atoms with E-state index in [1.807, 2.05) is 12.1 Å². The van der Waals surface area contributed by atoms with Crippen molar-refractivity contribution in [2.24, 2.45) is 0 Å². The van der Waals surface area contributed by atoms with Gasteiger partial charge in [0.2, 0.25) is 0 Å². The van der Waals surface area contributed by atoms with Gasteiger partial charge in [-0.1, -0.05) is 12.1 Å². The van der Waals surface area contributed by atoms with Gasteiger partial charge >= 0.3 is 0 Å². The first-order valence-corrected chi connectivity index (χ1v) is 8.58. The Bertz CT molecular complexity index is 640. The van der Waals surface area contributed by atoms with Crippen LogP contribution in [-0.2, 0) is 19.5 Å². The Labute approximate surface area is 144 Å². The van der Waals surface area contributed by atoms with Crippen molar-refractivity contribution >= 4 is 27.3 Å². The Morgan fingerprint density at radius 3 is 2.64 bits per heavy atom. The Balaban J connectivity index is 2.09. The molecule has 0 atom stereocenters. The minimum atomic E-state index is 0.755. The Morgan fingerprint density at radius 1 is 1.23 bits per heavy atom. The molecule has 3 nitrogen and oxygen atoms in total. The maximum Gasteiger partial charge on any atom is 0.164 e. The van der Waals surface area contributed by atoms with Crippen LogP contribution in [0.1, 0.15) is 16.0 Å². The molecule has 0 spiro atoms. The van der Waals surface area contributed by atoms with Crippen molar-refractivity contribution in [2.45, 2.75) is 19.5 Å². The van der Waals surface area contributed by atoms with Crippen LogP contribution in [0.5, 0.6) is 11.5 Å². The lowest BCUT2D eigenvalue weighted by molar-refractivity contribution is 0.351. The molecule has 0 aliphatic carbocycles. The van der Waals surface area contributed by atoms with Gasteiger partial charge in [-0.15, -0.1) is 17.9 Å². The van der Waals surface area contributed by atoms with E-state index in [0.717, 1.165) is 40.4 Å². The van der Waals surface area contributed by atoms with Gasteiger partial charge in [-0.3, -0.25) is 0 Å². The summed E-state index contributed by atoms with van der Waals surface area (Å²) in [4.78, 5) is 1.30. The summed E-state index contributed by atoms with van der Waals surface area (Å²) in [7, 11) is 3.33. The number of allylic oxidation sites excluding steroid dienone is 1. The minimum Gasteiger partial charge on any atom is -0.493 e. The molecule has 0 saturated carbocycles. The fourth-order valence-corrected chi connectivity index (χ4v) is 3.75. The molecule has 0 aliphatic heterocycles. The quantitative estimate of drug-likeness (QED) is 0.680. The molecular formula is C17H20BrNO2S. The van der Waals surface area contributed by atoms with E-state index in [1.165, 1.54) is 10.4 Å². The molecule has 2 aromatic rings. The van der Waals surface area contributed by atoms with Crippen LogP contribution in [0.2, 0.25) is 0 Å². The van der Waals surface area contributed by atoms with E-state index in [1.54, 1.807) is 25.6 Å². The molecule has 2 rings (SSSR count). The highest BCUT2D eigenvalue weighted by Crippen LogP contribution is 2.33. The molecule has 1 aromatic heterocycles. The summed E-state index contributed by atoms with van der Waals surface area (Å²) in [6.07, 6.45) is 2.63. The third-order valence-electron chi connectivity index (χ3n) is 3.24. The van der Waals surface area contributed by atoms with Gasteiger partial charge in [0, 0.05) is 23.5 Å². The van der Waals surface area contributed by atoms with E-state index in [9.17, 15) is 0 Å². The van der Waals surface area contributed by atoms with Crippen molar-refractivity contribution in [2.75, 3.05) is 14.2 Å². The Kier molecular flexibility index (Phi) is 6.49. The molecule has 0 unspecified atom stereocenters. The maximum absolute atomic E-state index is 5.45. The molecular weight excluding hydrogens is 362 g/mol. The van der Waals surface area contributed by atoms with Crippen LogP contribution >= 0.6 is 27.3 Å². The molecule has 5 heteroatoms. The van der Waals surface area contributed by atoms with Gasteiger partial charge in [-0.2, -0.15) is 0 Å². The zero-order valence-corrected chi connectivity index (χ0v) is 15.2. The molecule has 118 valence electrons. The molecule has 1 aromatic carbocycles. The normalized spacial score (nSPS) is 10.5. The summed E-state index contributed by atoms with van der Waals surface area (Å²) in [5.41, 5.74) is 2.26. The summed E-state index contributed by atoms with van der Waals surface area (Å²) in [6.45, 7) is 5.43. The van der Waals surface area contributed by atoms with Crippen LogP contribution in [-0.4, -0.2) is 14.2 Å². The first-order chi connectivity index (χ1) is 10.7. The summed E-state index contributed by atoms with van der Waals surface area (Å²) < 4.78 is 12.1. The van der Waals surface area contributed by atoms with Crippen LogP contribution in [0.25, 0.3) is 0 Å². The number of hydrogen-bond donors (Lipinski definition) is 1. The number of thiophene rings is 1. The minimum absolute atomic E-state index is 0.755. The van der Waals surface area contributed by atoms with Gasteiger partial charge in [-0.25, -0.2) is 0 Å². The summed E-state index contributed by atoms with van der Waals surface area (Å²) in [6, 6.07) is 8.35. The van der Waals surface area contributed by atoms with Crippen LogP contribution in [0, 0.1) is 0 Å². The number of methoxy groups -OCH3 is 2. The SMILES string of the molecule is C=CCc1cc(CNCc2ccc(Br)s2)cc(OC)c1OC. The summed E-state index contributed by atoms with van der Waals surface area (Å²) in [5.74, 6) is 1.55. The van der Waals surface area contributed by atoms with Crippen LogP contribution in [0.15, 0.2) is 40.7 Å². The van der Waals surface area contributed by atoms with Crippen LogP contribution in [0.3, 0.4) is 0 Å². The Morgan fingerprint density at radius 2 is 2.05 bits per heavy atom. The highest BCUT2D eigenvalue weighted by Gasteiger charge is 2.11. The standard InChI is InChI=1S/C17H20BrNO2S/c1-4-5-13-8-12(9-15(20-2)17(13)21-3)10-19-11-14-6-7-16(18)22-14/h4,6-9,19H,1,5,10-11H2,2-3H3. The second-order valence-electron chi connectivity index (χ2n) is 4.79. The van der Waals surface area contributed by atoms with Gasteiger partial charge < -0.3 is 14.8 Å². The summed E-state index contributed by atoms with van der Waals surface area (Å²) in [5, 5.41) is 3.46. The summed E-state index contributed by atoms with van der Waals surface area (Å²) >= 11 is 5.23. The van der Waals surface area contributed by atoms with Crippen molar-refractivity contribution in [1.82, 2.24) is 5.32 Å². The third-order valence-corrected chi connectivity index (χ3v) is 4.86. The van der Waals surface area contributed by atoms with E-state index in [4.69, 9.17) is 9.47 Å². The average molecular weight is 382 g/mol.